The smallest absolute Gasteiger partial charge is 0.495 e. The molecule has 0 atom stereocenters. The molecule has 9 nitrogen and oxygen atoms in total. The van der Waals surface area contributed by atoms with Gasteiger partial charge in [0.25, 0.3) is 0 Å². The first-order valence-corrected chi connectivity index (χ1v) is 15.2. The summed E-state index contributed by atoms with van der Waals surface area (Å²) in [6.07, 6.45) is 6.49. The van der Waals surface area contributed by atoms with Gasteiger partial charge in [0.05, 0.1) is 25.3 Å². The van der Waals surface area contributed by atoms with Crippen molar-refractivity contribution in [1.29, 1.82) is 0 Å². The zero-order valence-corrected chi connectivity index (χ0v) is 24.3. The second kappa shape index (κ2) is 19.9. The van der Waals surface area contributed by atoms with E-state index < -0.39 is 20.9 Å². The normalized spacial score (nSPS) is 11.5. The summed E-state index contributed by atoms with van der Waals surface area (Å²) in [7, 11) is -1.14. The number of halogens is 1. The number of hydrogen-bond donors (Lipinski definition) is 1. The van der Waals surface area contributed by atoms with Gasteiger partial charge in [-0.2, -0.15) is 0 Å². The van der Waals surface area contributed by atoms with Crippen molar-refractivity contribution in [2.24, 2.45) is 0 Å². The van der Waals surface area contributed by atoms with Gasteiger partial charge in [0, 0.05) is 38.5 Å². The summed E-state index contributed by atoms with van der Waals surface area (Å²) < 4.78 is 32.9. The minimum absolute atomic E-state index is 0.337. The van der Waals surface area contributed by atoms with E-state index in [1.807, 2.05) is 20.8 Å². The quantitative estimate of drug-likeness (QED) is 0.0949. The highest BCUT2D eigenvalue weighted by Gasteiger charge is 2.39. The lowest BCUT2D eigenvalue weighted by Crippen LogP contribution is -2.46. The Hall–Kier alpha value is -2.11. The zero-order valence-electron chi connectivity index (χ0n) is 22.5. The van der Waals surface area contributed by atoms with Crippen LogP contribution in [0.5, 0.6) is 5.75 Å². The highest BCUT2D eigenvalue weighted by Crippen LogP contribution is 2.25. The molecule has 0 heterocycles. The van der Waals surface area contributed by atoms with Crippen LogP contribution in [0.25, 0.3) is 6.08 Å². The average Bonchev–Trinajstić information content (AvgIpc) is 2.87. The summed E-state index contributed by atoms with van der Waals surface area (Å²) in [5, 5.41) is 3.23. The van der Waals surface area contributed by atoms with E-state index in [0.29, 0.717) is 62.8 Å². The number of rotatable bonds is 20. The van der Waals surface area contributed by atoms with Crippen molar-refractivity contribution in [2.75, 3.05) is 46.7 Å². The highest BCUT2D eigenvalue weighted by atomic mass is 35.5. The fourth-order valence-electron chi connectivity index (χ4n) is 3.44. The van der Waals surface area contributed by atoms with Crippen molar-refractivity contribution in [3.05, 3.63) is 34.9 Å². The average molecular weight is 560 g/mol. The molecule has 0 aliphatic rings. The molecule has 210 valence electrons. The summed E-state index contributed by atoms with van der Waals surface area (Å²) in [5.74, 6) is 0.171. The lowest BCUT2D eigenvalue weighted by atomic mass is 10.2. The van der Waals surface area contributed by atoms with Crippen molar-refractivity contribution < 1.29 is 37.1 Å². The van der Waals surface area contributed by atoms with Crippen LogP contribution in [-0.2, 0) is 27.5 Å². The van der Waals surface area contributed by atoms with Crippen molar-refractivity contribution in [3.63, 3.8) is 0 Å². The molecule has 11 heteroatoms. The van der Waals surface area contributed by atoms with Gasteiger partial charge < -0.3 is 32.8 Å². The molecule has 1 aromatic rings. The molecule has 37 heavy (non-hydrogen) atoms. The fourth-order valence-corrected chi connectivity index (χ4v) is 6.32. The molecule has 0 aliphatic carbocycles. The Balaban J connectivity index is 2.09. The Labute approximate surface area is 227 Å². The molecule has 0 saturated carbocycles. The third-order valence-corrected chi connectivity index (χ3v) is 8.57. The number of amides is 1. The number of ether oxygens (including phenoxy) is 3. The van der Waals surface area contributed by atoms with Crippen LogP contribution >= 0.6 is 11.6 Å². The van der Waals surface area contributed by atoms with E-state index in [0.717, 1.165) is 31.2 Å². The van der Waals surface area contributed by atoms with Crippen molar-refractivity contribution in [1.82, 2.24) is 5.32 Å². The minimum atomic E-state index is -2.68. The van der Waals surface area contributed by atoms with Gasteiger partial charge in [-0.05, 0) is 76.6 Å². The predicted molar refractivity (Wildman–Crippen MR) is 146 cm³/mol. The number of benzene rings is 1. The van der Waals surface area contributed by atoms with Gasteiger partial charge >= 0.3 is 20.9 Å². The molecule has 1 aromatic carbocycles. The molecule has 0 unspecified atom stereocenters. The van der Waals surface area contributed by atoms with E-state index in [4.69, 9.17) is 39.1 Å². The Bertz CT molecular complexity index is 807. The number of carbonyl (C=O) groups is 2. The maximum absolute atomic E-state index is 11.9. The molecule has 0 radical (unpaired) electrons. The minimum Gasteiger partial charge on any atom is -0.495 e. The lowest BCUT2D eigenvalue weighted by molar-refractivity contribution is -0.137. The molecule has 0 saturated heterocycles. The van der Waals surface area contributed by atoms with E-state index in [-0.39, 0.29) is 0 Å². The van der Waals surface area contributed by atoms with E-state index in [1.165, 1.54) is 6.08 Å². The Morgan fingerprint density at radius 3 is 2.11 bits per heavy atom. The summed E-state index contributed by atoms with van der Waals surface area (Å²) in [5.41, 5.74) is 0.781. The van der Waals surface area contributed by atoms with E-state index >= 15 is 0 Å². The largest absolute Gasteiger partial charge is 0.500 e. The third kappa shape index (κ3) is 14.4. The number of hydrogen-bond acceptors (Lipinski definition) is 8. The van der Waals surface area contributed by atoms with Crippen LogP contribution in [0.1, 0.15) is 58.4 Å². The lowest BCUT2D eigenvalue weighted by Gasteiger charge is -2.28. The van der Waals surface area contributed by atoms with Crippen LogP contribution in [0.15, 0.2) is 24.3 Å². The molecule has 0 bridgehead atoms. The van der Waals surface area contributed by atoms with Crippen LogP contribution in [0.4, 0.5) is 4.79 Å². The second-order valence-corrected chi connectivity index (χ2v) is 11.1. The van der Waals surface area contributed by atoms with E-state index in [9.17, 15) is 9.59 Å². The van der Waals surface area contributed by atoms with Crippen molar-refractivity contribution in [3.8, 4) is 5.75 Å². The van der Waals surface area contributed by atoms with Crippen LogP contribution in [0.3, 0.4) is 0 Å². The number of nitrogens with one attached hydrogen (secondary N) is 1. The monoisotopic (exact) mass is 559 g/mol. The molecule has 1 rings (SSSR count). The summed E-state index contributed by atoms with van der Waals surface area (Å²) in [4.78, 5) is 23.7. The summed E-state index contributed by atoms with van der Waals surface area (Å²) >= 11 is 6.07. The SMILES string of the molecule is CCO[Si](CCCNC(=O)OCCCCCCOC(=O)/C=C/c1ccc(OC)c(Cl)c1)(OCC)OCC. The number of esters is 1. The van der Waals surface area contributed by atoms with Gasteiger partial charge in [0.1, 0.15) is 5.75 Å². The standard InChI is InChI=1S/C26H42ClNO8Si/c1-5-34-37(35-6-2,36-7-3)20-12-17-28-26(30)33-19-11-9-8-10-18-32-25(29)16-14-22-13-15-24(31-4)23(27)21-22/h13-16,21H,5-12,17-20H2,1-4H3,(H,28,30)/b16-14+. The predicted octanol–water partition coefficient (Wildman–Crippen LogP) is 5.63. The van der Waals surface area contributed by atoms with E-state index in [1.54, 1.807) is 31.4 Å². The van der Waals surface area contributed by atoms with Crippen LogP contribution in [0, 0.1) is 0 Å². The van der Waals surface area contributed by atoms with Crippen LogP contribution in [0.2, 0.25) is 11.1 Å². The number of alkyl carbamates (subject to hydrolysis) is 1. The first-order valence-electron chi connectivity index (χ1n) is 12.9. The van der Waals surface area contributed by atoms with Gasteiger partial charge in [-0.1, -0.05) is 17.7 Å². The Morgan fingerprint density at radius 1 is 0.919 bits per heavy atom. The van der Waals surface area contributed by atoms with Gasteiger partial charge in [0.2, 0.25) is 0 Å². The Kier molecular flexibility index (Phi) is 17.7. The molecule has 0 aliphatic heterocycles. The number of methoxy groups -OCH3 is 1. The van der Waals surface area contributed by atoms with Gasteiger partial charge in [-0.3, -0.25) is 0 Å². The van der Waals surface area contributed by atoms with Crippen LogP contribution < -0.4 is 10.1 Å². The number of unbranched alkanes of at least 4 members (excludes halogenated alkanes) is 3. The summed E-state index contributed by atoms with van der Waals surface area (Å²) in [6.45, 7) is 8.49. The summed E-state index contributed by atoms with van der Waals surface area (Å²) in [6, 6.07) is 5.89. The molecule has 0 aromatic heterocycles. The maximum Gasteiger partial charge on any atom is 0.500 e. The second-order valence-electron chi connectivity index (χ2n) is 7.96. The topological polar surface area (TPSA) is 102 Å². The maximum atomic E-state index is 11.9. The first-order chi connectivity index (χ1) is 17.9. The van der Waals surface area contributed by atoms with Crippen LogP contribution in [-0.4, -0.2) is 67.6 Å². The molecule has 1 amide bonds. The molecule has 1 N–H and O–H groups in total. The molecular formula is C26H42ClNO8Si. The van der Waals surface area contributed by atoms with Crippen molar-refractivity contribution in [2.45, 2.75) is 58.9 Å². The van der Waals surface area contributed by atoms with E-state index in [2.05, 4.69) is 5.32 Å². The van der Waals surface area contributed by atoms with Gasteiger partial charge in [-0.25, -0.2) is 9.59 Å². The zero-order chi connectivity index (χ0) is 27.4. The fraction of sp³-hybridized carbons (Fsp3) is 0.615. The van der Waals surface area contributed by atoms with Crippen molar-refractivity contribution >= 4 is 38.5 Å². The van der Waals surface area contributed by atoms with Gasteiger partial charge in [0.15, 0.2) is 0 Å². The molecule has 0 fully saturated rings. The first kappa shape index (κ1) is 32.9. The molecule has 0 spiro atoms. The molecular weight excluding hydrogens is 518 g/mol. The number of carbonyl (C=O) groups excluding carboxylic acids is 2. The van der Waals surface area contributed by atoms with Gasteiger partial charge in [-0.15, -0.1) is 0 Å². The third-order valence-electron chi connectivity index (χ3n) is 5.13. The Morgan fingerprint density at radius 2 is 1.54 bits per heavy atom. The highest BCUT2D eigenvalue weighted by molar-refractivity contribution is 6.60.